The van der Waals surface area contributed by atoms with Crippen LogP contribution in [0.25, 0.3) is 0 Å². The predicted molar refractivity (Wildman–Crippen MR) is 85.6 cm³/mol. The van der Waals surface area contributed by atoms with E-state index in [1.807, 2.05) is 37.3 Å². The molecule has 0 aliphatic carbocycles. The fourth-order valence-electron chi connectivity index (χ4n) is 2.47. The molecule has 0 saturated carbocycles. The number of hydrogen-bond donors (Lipinski definition) is 3. The molecule has 0 aromatic heterocycles. The molecule has 3 atom stereocenters. The molecule has 0 saturated heterocycles. The Bertz CT molecular complexity index is 403. The summed E-state index contributed by atoms with van der Waals surface area (Å²) in [5.74, 6) is 0.0401. The van der Waals surface area contributed by atoms with Crippen LogP contribution in [0.3, 0.4) is 0 Å². The van der Waals surface area contributed by atoms with Gasteiger partial charge in [0, 0.05) is 19.2 Å². The minimum atomic E-state index is -0.298. The zero-order valence-corrected chi connectivity index (χ0v) is 13.1. The summed E-state index contributed by atoms with van der Waals surface area (Å²) in [6.07, 6.45) is 2.80. The van der Waals surface area contributed by atoms with Crippen LogP contribution in [0.15, 0.2) is 30.3 Å². The molecule has 0 bridgehead atoms. The molecule has 0 radical (unpaired) electrons. The van der Waals surface area contributed by atoms with Crippen molar-refractivity contribution in [2.75, 3.05) is 13.2 Å². The van der Waals surface area contributed by atoms with E-state index in [2.05, 4.69) is 12.2 Å². The Morgan fingerprint density at radius 2 is 1.95 bits per heavy atom. The van der Waals surface area contributed by atoms with E-state index in [0.717, 1.165) is 24.8 Å². The van der Waals surface area contributed by atoms with E-state index >= 15 is 0 Å². The number of nitrogens with two attached hydrogens (primary N) is 1. The molecule has 118 valence electrons. The van der Waals surface area contributed by atoms with Crippen LogP contribution >= 0.6 is 0 Å². The summed E-state index contributed by atoms with van der Waals surface area (Å²) in [4.78, 5) is 12.2. The van der Waals surface area contributed by atoms with Crippen LogP contribution in [0.2, 0.25) is 0 Å². The zero-order chi connectivity index (χ0) is 15.7. The topological polar surface area (TPSA) is 75.3 Å². The minimum Gasteiger partial charge on any atom is -0.396 e. The molecule has 4 nitrogen and oxygen atoms in total. The third-order valence-corrected chi connectivity index (χ3v) is 3.94. The minimum absolute atomic E-state index is 0.0228. The fraction of sp³-hybridized carbons (Fsp3) is 0.588. The number of rotatable bonds is 9. The van der Waals surface area contributed by atoms with Crippen LogP contribution in [0, 0.1) is 11.8 Å². The highest BCUT2D eigenvalue weighted by Gasteiger charge is 2.22. The van der Waals surface area contributed by atoms with Crippen molar-refractivity contribution >= 4 is 5.91 Å². The first-order valence-electron chi connectivity index (χ1n) is 7.79. The first-order chi connectivity index (χ1) is 10.1. The molecule has 1 amide bonds. The molecule has 1 aromatic rings. The Morgan fingerprint density at radius 3 is 2.52 bits per heavy atom. The fourth-order valence-corrected chi connectivity index (χ4v) is 2.47. The van der Waals surface area contributed by atoms with Crippen molar-refractivity contribution in [3.05, 3.63) is 35.9 Å². The smallest absolute Gasteiger partial charge is 0.224 e. The van der Waals surface area contributed by atoms with Gasteiger partial charge in [0.25, 0.3) is 0 Å². The van der Waals surface area contributed by atoms with Crippen molar-refractivity contribution in [3.63, 3.8) is 0 Å². The molecule has 4 heteroatoms. The molecule has 0 aliphatic heterocycles. The lowest BCUT2D eigenvalue weighted by atomic mass is 9.94. The Kier molecular flexibility index (Phi) is 8.01. The Labute approximate surface area is 127 Å². The van der Waals surface area contributed by atoms with Gasteiger partial charge in [-0.1, -0.05) is 50.6 Å². The molecule has 1 aromatic carbocycles. The third kappa shape index (κ3) is 5.86. The molecule has 4 N–H and O–H groups in total. The van der Waals surface area contributed by atoms with Gasteiger partial charge in [-0.2, -0.15) is 0 Å². The molecule has 3 unspecified atom stereocenters. The third-order valence-electron chi connectivity index (χ3n) is 3.94. The average molecular weight is 292 g/mol. The standard InChI is InChI=1S/C17H28N2O2/c1-3-7-14(10-11-20)12-19-17(21)13(2)16(18)15-8-5-4-6-9-15/h4-6,8-9,13-14,16,20H,3,7,10-12,18H2,1-2H3,(H,19,21). The van der Waals surface area contributed by atoms with Crippen LogP contribution in [0.1, 0.15) is 44.7 Å². The SMILES string of the molecule is CCCC(CCO)CNC(=O)C(C)C(N)c1ccccc1. The quantitative estimate of drug-likeness (QED) is 0.653. The van der Waals surface area contributed by atoms with Crippen LogP contribution in [0.5, 0.6) is 0 Å². The van der Waals surface area contributed by atoms with Crippen molar-refractivity contribution in [2.45, 2.75) is 39.2 Å². The van der Waals surface area contributed by atoms with Crippen LogP contribution in [-0.4, -0.2) is 24.2 Å². The Morgan fingerprint density at radius 1 is 1.29 bits per heavy atom. The first-order valence-corrected chi connectivity index (χ1v) is 7.79. The first kappa shape index (κ1) is 17.7. The number of nitrogens with one attached hydrogen (secondary N) is 1. The summed E-state index contributed by atoms with van der Waals surface area (Å²) >= 11 is 0. The predicted octanol–water partition coefficient (Wildman–Crippen LogP) is 2.24. The van der Waals surface area contributed by atoms with Gasteiger partial charge in [-0.3, -0.25) is 4.79 Å². The summed E-state index contributed by atoms with van der Waals surface area (Å²) in [6, 6.07) is 9.39. The highest BCUT2D eigenvalue weighted by Crippen LogP contribution is 2.19. The van der Waals surface area contributed by atoms with Gasteiger partial charge in [0.1, 0.15) is 0 Å². The average Bonchev–Trinajstić information content (AvgIpc) is 2.52. The second-order valence-corrected chi connectivity index (χ2v) is 5.64. The normalized spacial score (nSPS) is 15.2. The molecule has 0 aliphatic rings. The maximum Gasteiger partial charge on any atom is 0.224 e. The second kappa shape index (κ2) is 9.53. The van der Waals surface area contributed by atoms with Crippen molar-refractivity contribution in [1.29, 1.82) is 0 Å². The Hall–Kier alpha value is -1.39. The summed E-state index contributed by atoms with van der Waals surface area (Å²) in [5, 5.41) is 12.0. The zero-order valence-electron chi connectivity index (χ0n) is 13.1. The summed E-state index contributed by atoms with van der Waals surface area (Å²) in [7, 11) is 0. The van der Waals surface area contributed by atoms with E-state index in [1.54, 1.807) is 0 Å². The molecule has 0 spiro atoms. The molecule has 0 fully saturated rings. The van der Waals surface area contributed by atoms with E-state index < -0.39 is 0 Å². The number of amides is 1. The molecular formula is C17H28N2O2. The molecular weight excluding hydrogens is 264 g/mol. The van der Waals surface area contributed by atoms with Crippen molar-refractivity contribution < 1.29 is 9.90 Å². The lowest BCUT2D eigenvalue weighted by Gasteiger charge is -2.22. The molecule has 21 heavy (non-hydrogen) atoms. The van der Waals surface area contributed by atoms with Gasteiger partial charge in [-0.15, -0.1) is 0 Å². The van der Waals surface area contributed by atoms with E-state index in [9.17, 15) is 4.79 Å². The summed E-state index contributed by atoms with van der Waals surface area (Å²) < 4.78 is 0. The summed E-state index contributed by atoms with van der Waals surface area (Å²) in [6.45, 7) is 4.74. The van der Waals surface area contributed by atoms with Gasteiger partial charge in [0.15, 0.2) is 0 Å². The van der Waals surface area contributed by atoms with Crippen LogP contribution < -0.4 is 11.1 Å². The van der Waals surface area contributed by atoms with Crippen LogP contribution in [-0.2, 0) is 4.79 Å². The van der Waals surface area contributed by atoms with Gasteiger partial charge >= 0.3 is 0 Å². The second-order valence-electron chi connectivity index (χ2n) is 5.64. The van der Waals surface area contributed by atoms with Gasteiger partial charge < -0.3 is 16.2 Å². The number of carbonyl (C=O) groups excluding carboxylic acids is 1. The van der Waals surface area contributed by atoms with E-state index in [1.165, 1.54) is 0 Å². The number of aliphatic hydroxyl groups is 1. The van der Waals surface area contributed by atoms with Gasteiger partial charge in [-0.05, 0) is 24.3 Å². The van der Waals surface area contributed by atoms with E-state index in [0.29, 0.717) is 12.5 Å². The van der Waals surface area contributed by atoms with Crippen molar-refractivity contribution in [2.24, 2.45) is 17.6 Å². The maximum absolute atomic E-state index is 12.2. The van der Waals surface area contributed by atoms with Gasteiger partial charge in [-0.25, -0.2) is 0 Å². The number of carbonyl (C=O) groups is 1. The van der Waals surface area contributed by atoms with Gasteiger partial charge in [0.05, 0.1) is 5.92 Å². The monoisotopic (exact) mass is 292 g/mol. The number of aliphatic hydroxyl groups excluding tert-OH is 1. The van der Waals surface area contributed by atoms with Crippen molar-refractivity contribution in [1.82, 2.24) is 5.32 Å². The number of benzene rings is 1. The Balaban J connectivity index is 2.50. The highest BCUT2D eigenvalue weighted by atomic mass is 16.3. The molecule has 0 heterocycles. The van der Waals surface area contributed by atoms with Crippen molar-refractivity contribution in [3.8, 4) is 0 Å². The lowest BCUT2D eigenvalue weighted by Crippen LogP contribution is -2.38. The lowest BCUT2D eigenvalue weighted by molar-refractivity contribution is -0.125. The highest BCUT2D eigenvalue weighted by molar-refractivity contribution is 5.79. The summed E-state index contributed by atoms with van der Waals surface area (Å²) in [5.41, 5.74) is 7.14. The number of hydrogen-bond acceptors (Lipinski definition) is 3. The largest absolute Gasteiger partial charge is 0.396 e. The van der Waals surface area contributed by atoms with E-state index in [-0.39, 0.29) is 24.5 Å². The molecule has 1 rings (SSSR count). The van der Waals surface area contributed by atoms with E-state index in [4.69, 9.17) is 10.8 Å². The van der Waals surface area contributed by atoms with Crippen LogP contribution in [0.4, 0.5) is 0 Å². The maximum atomic E-state index is 12.2. The van der Waals surface area contributed by atoms with Gasteiger partial charge in [0.2, 0.25) is 5.91 Å².